The predicted octanol–water partition coefficient (Wildman–Crippen LogP) is 1.06. The third kappa shape index (κ3) is 6.01. The molecule has 0 bridgehead atoms. The van der Waals surface area contributed by atoms with Crippen molar-refractivity contribution in [2.24, 2.45) is 5.73 Å². The van der Waals surface area contributed by atoms with Gasteiger partial charge < -0.3 is 21.1 Å². The summed E-state index contributed by atoms with van der Waals surface area (Å²) in [5, 5.41) is 5.29. The summed E-state index contributed by atoms with van der Waals surface area (Å²) in [4.78, 5) is 23.5. The molecule has 2 amide bonds. The Morgan fingerprint density at radius 3 is 2.27 bits per heavy atom. The van der Waals surface area contributed by atoms with Crippen molar-refractivity contribution in [2.45, 2.75) is 26.8 Å². The number of methoxy groups -OCH3 is 1. The van der Waals surface area contributed by atoms with Gasteiger partial charge in [-0.2, -0.15) is 0 Å². The fraction of sp³-hybridized carbons (Fsp3) is 0.467. The molecule has 1 rings (SSSR count). The molecule has 6 nitrogen and oxygen atoms in total. The second-order valence-electron chi connectivity index (χ2n) is 5.10. The third-order valence-corrected chi connectivity index (χ3v) is 3.05. The number of amides is 2. The summed E-state index contributed by atoms with van der Waals surface area (Å²) in [5.41, 5.74) is 9.46. The number of ether oxygens (including phenoxy) is 1. The van der Waals surface area contributed by atoms with Crippen LogP contribution in [0.15, 0.2) is 12.1 Å². The number of halogens is 1. The maximum absolute atomic E-state index is 11.9. The molecule has 0 radical (unpaired) electrons. The minimum atomic E-state index is -0.773. The molecular formula is C15H24ClN3O3. The second-order valence-corrected chi connectivity index (χ2v) is 5.10. The Morgan fingerprint density at radius 1 is 1.23 bits per heavy atom. The fourth-order valence-electron chi connectivity index (χ4n) is 2.11. The van der Waals surface area contributed by atoms with Crippen LogP contribution in [-0.2, 0) is 14.3 Å². The van der Waals surface area contributed by atoms with E-state index < -0.39 is 11.9 Å². The normalized spacial score (nSPS) is 11.3. The first-order valence-corrected chi connectivity index (χ1v) is 6.75. The summed E-state index contributed by atoms with van der Waals surface area (Å²) >= 11 is 0. The molecule has 1 atom stereocenters. The van der Waals surface area contributed by atoms with Gasteiger partial charge in [-0.1, -0.05) is 17.7 Å². The minimum absolute atomic E-state index is 0. The van der Waals surface area contributed by atoms with E-state index in [0.717, 1.165) is 22.4 Å². The van der Waals surface area contributed by atoms with Crippen molar-refractivity contribution in [1.82, 2.24) is 5.32 Å². The van der Waals surface area contributed by atoms with E-state index in [1.165, 1.54) is 7.11 Å². The molecule has 1 aromatic rings. The first-order chi connectivity index (χ1) is 9.85. The van der Waals surface area contributed by atoms with Gasteiger partial charge in [-0.3, -0.25) is 9.59 Å². The Bertz CT molecular complexity index is 512. The minimum Gasteiger partial charge on any atom is -0.383 e. The lowest BCUT2D eigenvalue weighted by Gasteiger charge is -2.14. The number of nitrogens with one attached hydrogen (secondary N) is 2. The van der Waals surface area contributed by atoms with E-state index in [0.29, 0.717) is 0 Å². The van der Waals surface area contributed by atoms with Gasteiger partial charge in [0.2, 0.25) is 11.8 Å². The van der Waals surface area contributed by atoms with E-state index >= 15 is 0 Å². The van der Waals surface area contributed by atoms with Crippen molar-refractivity contribution in [3.05, 3.63) is 28.8 Å². The van der Waals surface area contributed by atoms with Crippen molar-refractivity contribution in [3.63, 3.8) is 0 Å². The highest BCUT2D eigenvalue weighted by atomic mass is 35.5. The zero-order valence-corrected chi connectivity index (χ0v) is 14.2. The van der Waals surface area contributed by atoms with Crippen LogP contribution in [0.5, 0.6) is 0 Å². The molecule has 0 heterocycles. The summed E-state index contributed by atoms with van der Waals surface area (Å²) in [6, 6.07) is 3.22. The maximum atomic E-state index is 11.9. The molecular weight excluding hydrogens is 306 g/mol. The zero-order valence-electron chi connectivity index (χ0n) is 13.4. The summed E-state index contributed by atoms with van der Waals surface area (Å²) in [6.07, 6.45) is 0. The number of hydrogen-bond donors (Lipinski definition) is 3. The molecule has 7 heteroatoms. The number of nitrogens with two attached hydrogens (primary N) is 1. The molecule has 0 aliphatic rings. The third-order valence-electron chi connectivity index (χ3n) is 3.05. The Morgan fingerprint density at radius 2 is 1.77 bits per heavy atom. The fourth-order valence-corrected chi connectivity index (χ4v) is 2.11. The Balaban J connectivity index is 0.00000441. The van der Waals surface area contributed by atoms with Crippen LogP contribution in [0.1, 0.15) is 16.7 Å². The van der Waals surface area contributed by atoms with Gasteiger partial charge in [0.15, 0.2) is 0 Å². The van der Waals surface area contributed by atoms with E-state index in [2.05, 4.69) is 10.6 Å². The highest BCUT2D eigenvalue weighted by Gasteiger charge is 2.14. The van der Waals surface area contributed by atoms with Crippen molar-refractivity contribution in [2.75, 3.05) is 25.6 Å². The number of aryl methyl sites for hydroxylation is 3. The number of anilines is 1. The summed E-state index contributed by atoms with van der Waals surface area (Å²) in [5.74, 6) is -0.702. The van der Waals surface area contributed by atoms with E-state index in [1.807, 2.05) is 32.9 Å². The van der Waals surface area contributed by atoms with Gasteiger partial charge in [-0.25, -0.2) is 0 Å². The number of carbonyl (C=O) groups is 2. The van der Waals surface area contributed by atoms with Crippen LogP contribution >= 0.6 is 12.4 Å². The molecule has 0 aliphatic carbocycles. The highest BCUT2D eigenvalue weighted by Crippen LogP contribution is 2.21. The van der Waals surface area contributed by atoms with E-state index in [1.54, 1.807) is 0 Å². The molecule has 0 saturated heterocycles. The lowest BCUT2D eigenvalue weighted by molar-refractivity contribution is -0.126. The van der Waals surface area contributed by atoms with Crippen molar-refractivity contribution < 1.29 is 14.3 Å². The van der Waals surface area contributed by atoms with Crippen LogP contribution in [-0.4, -0.2) is 38.1 Å². The van der Waals surface area contributed by atoms with Crippen LogP contribution < -0.4 is 16.4 Å². The summed E-state index contributed by atoms with van der Waals surface area (Å²) in [6.45, 7) is 5.86. The SMILES string of the molecule is COCC(N)C(=O)NCC(=O)Nc1c(C)cc(C)cc1C.Cl. The average molecular weight is 330 g/mol. The maximum Gasteiger partial charge on any atom is 0.243 e. The highest BCUT2D eigenvalue weighted by molar-refractivity contribution is 5.96. The van der Waals surface area contributed by atoms with Gasteiger partial charge in [0.1, 0.15) is 6.04 Å². The molecule has 0 aliphatic heterocycles. The summed E-state index contributed by atoms with van der Waals surface area (Å²) < 4.78 is 4.78. The van der Waals surface area contributed by atoms with E-state index in [4.69, 9.17) is 10.5 Å². The van der Waals surface area contributed by atoms with Crippen LogP contribution in [0.3, 0.4) is 0 Å². The van der Waals surface area contributed by atoms with Gasteiger partial charge in [0.05, 0.1) is 13.2 Å². The standard InChI is InChI=1S/C15H23N3O3.ClH/c1-9-5-10(2)14(11(3)6-9)18-13(19)7-17-15(20)12(16)8-21-4;/h5-6,12H,7-8,16H2,1-4H3,(H,17,20)(H,18,19);1H. The number of hydrogen-bond acceptors (Lipinski definition) is 4. The lowest BCUT2D eigenvalue weighted by Crippen LogP contribution is -2.45. The van der Waals surface area contributed by atoms with E-state index in [9.17, 15) is 9.59 Å². The van der Waals surface area contributed by atoms with Crippen LogP contribution in [0.25, 0.3) is 0 Å². The topological polar surface area (TPSA) is 93.4 Å². The molecule has 124 valence electrons. The number of benzene rings is 1. The molecule has 1 unspecified atom stereocenters. The predicted molar refractivity (Wildman–Crippen MR) is 89.4 cm³/mol. The monoisotopic (exact) mass is 329 g/mol. The van der Waals surface area contributed by atoms with Gasteiger partial charge >= 0.3 is 0 Å². The molecule has 22 heavy (non-hydrogen) atoms. The number of rotatable bonds is 6. The van der Waals surface area contributed by atoms with Crippen LogP contribution in [0.2, 0.25) is 0 Å². The molecule has 0 saturated carbocycles. The molecule has 1 aromatic carbocycles. The summed E-state index contributed by atoms with van der Waals surface area (Å²) in [7, 11) is 1.46. The average Bonchev–Trinajstić information content (AvgIpc) is 2.40. The molecule has 0 aromatic heterocycles. The Hall–Kier alpha value is -1.63. The van der Waals surface area contributed by atoms with Gasteiger partial charge in [-0.15, -0.1) is 12.4 Å². The zero-order chi connectivity index (χ0) is 16.0. The smallest absolute Gasteiger partial charge is 0.243 e. The Labute approximate surface area is 137 Å². The molecule has 0 spiro atoms. The quantitative estimate of drug-likeness (QED) is 0.727. The van der Waals surface area contributed by atoms with Crippen molar-refractivity contribution in [1.29, 1.82) is 0 Å². The first kappa shape index (κ1) is 20.4. The van der Waals surface area contributed by atoms with Gasteiger partial charge in [-0.05, 0) is 31.9 Å². The van der Waals surface area contributed by atoms with Crippen molar-refractivity contribution in [3.8, 4) is 0 Å². The Kier molecular flexibility index (Phi) is 8.70. The number of carbonyl (C=O) groups excluding carboxylic acids is 2. The van der Waals surface area contributed by atoms with Gasteiger partial charge in [0, 0.05) is 12.8 Å². The molecule has 0 fully saturated rings. The van der Waals surface area contributed by atoms with Gasteiger partial charge in [0.25, 0.3) is 0 Å². The van der Waals surface area contributed by atoms with Crippen LogP contribution in [0.4, 0.5) is 5.69 Å². The van der Waals surface area contributed by atoms with Crippen molar-refractivity contribution >= 4 is 29.9 Å². The molecule has 4 N–H and O–H groups in total. The lowest BCUT2D eigenvalue weighted by atomic mass is 10.1. The van der Waals surface area contributed by atoms with E-state index in [-0.39, 0.29) is 31.5 Å². The first-order valence-electron chi connectivity index (χ1n) is 6.75. The van der Waals surface area contributed by atoms with Crippen LogP contribution in [0, 0.1) is 20.8 Å². The second kappa shape index (κ2) is 9.40. The largest absolute Gasteiger partial charge is 0.383 e.